The van der Waals surface area contributed by atoms with Gasteiger partial charge >= 0.3 is 5.97 Å². The number of aliphatic hydroxyl groups is 3. The molecule has 0 aliphatic rings. The molecule has 10 nitrogen and oxygen atoms in total. The van der Waals surface area contributed by atoms with Crippen LogP contribution in [0.1, 0.15) is 0 Å². The number of amides is 2. The van der Waals surface area contributed by atoms with Crippen LogP contribution in [-0.2, 0) is 14.4 Å². The summed E-state index contributed by atoms with van der Waals surface area (Å²) in [5.74, 6) is -3.35. The van der Waals surface area contributed by atoms with Crippen molar-refractivity contribution in [2.75, 3.05) is 19.8 Å². The molecule has 0 aliphatic heterocycles. The molecule has 0 saturated heterocycles. The number of aliphatic hydroxyl groups excluding tert-OH is 3. The molecule has 0 bridgehead atoms. The van der Waals surface area contributed by atoms with Crippen molar-refractivity contribution >= 4 is 17.8 Å². The lowest BCUT2D eigenvalue weighted by Gasteiger charge is -2.20. The molecule has 0 aromatic rings. The molecule has 0 rings (SSSR count). The SMILES string of the molecule is NC(CO)C(=O)NC(CO)C(=O)NC(CO)C(=O)O. The number of hydrogen-bond acceptors (Lipinski definition) is 7. The number of carbonyl (C=O) groups excluding carboxylic acids is 2. The number of carboxylic acid groups (broad SMARTS) is 1. The number of nitrogens with one attached hydrogen (secondary N) is 2. The van der Waals surface area contributed by atoms with Crippen LogP contribution in [0.2, 0.25) is 0 Å². The average molecular weight is 279 g/mol. The second-order valence-corrected chi connectivity index (χ2v) is 3.61. The van der Waals surface area contributed by atoms with E-state index in [1.165, 1.54) is 0 Å². The summed E-state index contributed by atoms with van der Waals surface area (Å²) in [6.45, 7) is -2.29. The molecule has 0 aliphatic carbocycles. The Morgan fingerprint density at radius 3 is 1.74 bits per heavy atom. The average Bonchev–Trinajstić information content (AvgIpc) is 2.39. The largest absolute Gasteiger partial charge is 0.480 e. The molecule has 0 saturated carbocycles. The van der Waals surface area contributed by atoms with Gasteiger partial charge in [0.05, 0.1) is 19.8 Å². The normalized spacial score (nSPS) is 15.2. The number of aliphatic carboxylic acids is 1. The fourth-order valence-electron chi connectivity index (χ4n) is 1.01. The summed E-state index contributed by atoms with van der Waals surface area (Å²) in [6.07, 6.45) is 0. The zero-order valence-electron chi connectivity index (χ0n) is 9.94. The van der Waals surface area contributed by atoms with Gasteiger partial charge in [-0.2, -0.15) is 0 Å². The Kier molecular flexibility index (Phi) is 7.60. The Bertz CT molecular complexity index is 336. The maximum atomic E-state index is 11.5. The van der Waals surface area contributed by atoms with E-state index in [4.69, 9.17) is 26.2 Å². The molecule has 0 aromatic heterocycles. The molecule has 110 valence electrons. The molecule has 10 heteroatoms. The fourth-order valence-corrected chi connectivity index (χ4v) is 1.01. The molecular formula is C9H17N3O7. The van der Waals surface area contributed by atoms with E-state index in [-0.39, 0.29) is 0 Å². The van der Waals surface area contributed by atoms with Crippen molar-refractivity contribution < 1.29 is 34.8 Å². The highest BCUT2D eigenvalue weighted by atomic mass is 16.4. The minimum absolute atomic E-state index is 0.653. The fraction of sp³-hybridized carbons (Fsp3) is 0.667. The van der Waals surface area contributed by atoms with E-state index in [1.54, 1.807) is 0 Å². The van der Waals surface area contributed by atoms with Gasteiger partial charge in [-0.3, -0.25) is 9.59 Å². The van der Waals surface area contributed by atoms with Gasteiger partial charge in [-0.25, -0.2) is 4.79 Å². The molecule has 0 radical (unpaired) electrons. The van der Waals surface area contributed by atoms with Crippen LogP contribution in [0.25, 0.3) is 0 Å². The third kappa shape index (κ3) is 5.61. The lowest BCUT2D eigenvalue weighted by molar-refractivity contribution is -0.143. The second-order valence-electron chi connectivity index (χ2n) is 3.61. The van der Waals surface area contributed by atoms with Crippen LogP contribution in [0.15, 0.2) is 0 Å². The minimum atomic E-state index is -1.55. The minimum Gasteiger partial charge on any atom is -0.480 e. The van der Waals surface area contributed by atoms with E-state index in [0.717, 1.165) is 0 Å². The van der Waals surface area contributed by atoms with Gasteiger partial charge < -0.3 is 36.8 Å². The summed E-state index contributed by atoms with van der Waals surface area (Å²) in [6, 6.07) is -4.25. The van der Waals surface area contributed by atoms with Crippen molar-refractivity contribution in [2.45, 2.75) is 18.1 Å². The van der Waals surface area contributed by atoms with E-state index < -0.39 is 55.7 Å². The number of carboxylic acids is 1. The number of nitrogens with two attached hydrogens (primary N) is 1. The third-order valence-corrected chi connectivity index (χ3v) is 2.15. The maximum absolute atomic E-state index is 11.5. The highest BCUT2D eigenvalue weighted by molar-refractivity contribution is 5.91. The molecule has 0 spiro atoms. The Labute approximate surface area is 108 Å². The van der Waals surface area contributed by atoms with E-state index in [2.05, 4.69) is 0 Å². The molecule has 8 N–H and O–H groups in total. The first-order valence-electron chi connectivity index (χ1n) is 5.29. The lowest BCUT2D eigenvalue weighted by atomic mass is 10.2. The Balaban J connectivity index is 4.56. The Morgan fingerprint density at radius 2 is 1.37 bits per heavy atom. The molecule has 3 atom stereocenters. The monoisotopic (exact) mass is 279 g/mol. The van der Waals surface area contributed by atoms with Crippen molar-refractivity contribution in [1.29, 1.82) is 0 Å². The van der Waals surface area contributed by atoms with Gasteiger partial charge in [0.1, 0.15) is 18.1 Å². The van der Waals surface area contributed by atoms with Crippen molar-refractivity contribution in [3.05, 3.63) is 0 Å². The van der Waals surface area contributed by atoms with Gasteiger partial charge in [0.25, 0.3) is 0 Å². The summed E-state index contributed by atoms with van der Waals surface area (Å²) in [4.78, 5) is 33.4. The smallest absolute Gasteiger partial charge is 0.328 e. The van der Waals surface area contributed by atoms with Crippen LogP contribution in [0, 0.1) is 0 Å². The van der Waals surface area contributed by atoms with Crippen molar-refractivity contribution in [2.24, 2.45) is 5.73 Å². The Hall–Kier alpha value is -1.75. The maximum Gasteiger partial charge on any atom is 0.328 e. The predicted molar refractivity (Wildman–Crippen MR) is 60.7 cm³/mol. The zero-order valence-corrected chi connectivity index (χ0v) is 9.94. The van der Waals surface area contributed by atoms with Gasteiger partial charge in [-0.1, -0.05) is 0 Å². The highest BCUT2D eigenvalue weighted by Gasteiger charge is 2.26. The van der Waals surface area contributed by atoms with Crippen molar-refractivity contribution in [1.82, 2.24) is 10.6 Å². The first-order valence-corrected chi connectivity index (χ1v) is 5.29. The quantitative estimate of drug-likeness (QED) is 0.231. The third-order valence-electron chi connectivity index (χ3n) is 2.15. The number of hydrogen-bond donors (Lipinski definition) is 7. The number of carbonyl (C=O) groups is 3. The van der Waals surface area contributed by atoms with E-state index in [9.17, 15) is 14.4 Å². The Morgan fingerprint density at radius 1 is 0.895 bits per heavy atom. The molecule has 3 unspecified atom stereocenters. The summed E-state index contributed by atoms with van der Waals surface area (Å²) >= 11 is 0. The van der Waals surface area contributed by atoms with Crippen LogP contribution in [-0.4, -0.2) is 76.2 Å². The van der Waals surface area contributed by atoms with Crippen LogP contribution < -0.4 is 16.4 Å². The van der Waals surface area contributed by atoms with Gasteiger partial charge in [0, 0.05) is 0 Å². The first kappa shape index (κ1) is 17.2. The van der Waals surface area contributed by atoms with Crippen LogP contribution >= 0.6 is 0 Å². The van der Waals surface area contributed by atoms with E-state index >= 15 is 0 Å². The van der Waals surface area contributed by atoms with Gasteiger partial charge in [-0.05, 0) is 0 Å². The van der Waals surface area contributed by atoms with Gasteiger partial charge in [0.2, 0.25) is 11.8 Å². The summed E-state index contributed by atoms with van der Waals surface area (Å²) in [5, 5.41) is 38.8. The highest BCUT2D eigenvalue weighted by Crippen LogP contribution is 1.90. The van der Waals surface area contributed by atoms with E-state index in [1.807, 2.05) is 10.6 Å². The molecule has 2 amide bonds. The molecular weight excluding hydrogens is 262 g/mol. The zero-order chi connectivity index (χ0) is 15.0. The molecule has 19 heavy (non-hydrogen) atoms. The standard InChI is InChI=1S/C9H17N3O7/c10-4(1-13)7(16)11-5(2-14)8(17)12-6(3-15)9(18)19/h4-6,13-15H,1-3,10H2,(H,11,16)(H,12,17)(H,18,19). The topological polar surface area (TPSA) is 182 Å². The molecule has 0 heterocycles. The van der Waals surface area contributed by atoms with Gasteiger partial charge in [0.15, 0.2) is 0 Å². The van der Waals surface area contributed by atoms with Crippen LogP contribution in [0.4, 0.5) is 0 Å². The van der Waals surface area contributed by atoms with Crippen LogP contribution in [0.3, 0.4) is 0 Å². The molecule has 0 fully saturated rings. The van der Waals surface area contributed by atoms with Crippen LogP contribution in [0.5, 0.6) is 0 Å². The lowest BCUT2D eigenvalue weighted by Crippen LogP contribution is -2.56. The summed E-state index contributed by atoms with van der Waals surface area (Å²) in [7, 11) is 0. The van der Waals surface area contributed by atoms with Crippen molar-refractivity contribution in [3.8, 4) is 0 Å². The molecule has 0 aromatic carbocycles. The number of rotatable bonds is 8. The predicted octanol–water partition coefficient (Wildman–Crippen LogP) is -4.66. The first-order chi connectivity index (χ1) is 8.87. The summed E-state index contributed by atoms with van der Waals surface area (Å²) < 4.78 is 0. The van der Waals surface area contributed by atoms with Crippen molar-refractivity contribution in [3.63, 3.8) is 0 Å². The van der Waals surface area contributed by atoms with E-state index in [0.29, 0.717) is 0 Å². The van der Waals surface area contributed by atoms with Gasteiger partial charge in [-0.15, -0.1) is 0 Å². The summed E-state index contributed by atoms with van der Waals surface area (Å²) in [5.41, 5.74) is 5.19. The second kappa shape index (κ2) is 8.37.